The lowest BCUT2D eigenvalue weighted by atomic mass is 9.99. The van der Waals surface area contributed by atoms with Crippen LogP contribution in [0.1, 0.15) is 88.3 Å². The van der Waals surface area contributed by atoms with Crippen molar-refractivity contribution in [3.63, 3.8) is 0 Å². The summed E-state index contributed by atoms with van der Waals surface area (Å²) in [5.41, 5.74) is 2.99. The Balaban J connectivity index is 2.81. The van der Waals surface area contributed by atoms with Crippen molar-refractivity contribution in [3.8, 4) is 5.75 Å². The lowest BCUT2D eigenvalue weighted by Crippen LogP contribution is -2.23. The van der Waals surface area contributed by atoms with Crippen LogP contribution >= 0.6 is 0 Å². The zero-order valence-corrected chi connectivity index (χ0v) is 18.2. The van der Waals surface area contributed by atoms with Crippen LogP contribution in [-0.2, 0) is 10.0 Å². The number of phenols is 1. The van der Waals surface area contributed by atoms with Gasteiger partial charge >= 0.3 is 0 Å². The van der Waals surface area contributed by atoms with Crippen molar-refractivity contribution in [2.75, 3.05) is 5.75 Å². The van der Waals surface area contributed by atoms with E-state index in [-0.39, 0.29) is 11.5 Å². The molecule has 5 nitrogen and oxygen atoms in total. The molecule has 0 aliphatic heterocycles. The number of nitrogens with zero attached hydrogens (tertiary/aromatic N) is 1. The molecular weight excluding hydrogens is 360 g/mol. The molecule has 6 heteroatoms. The molecule has 0 radical (unpaired) electrons. The molecule has 0 unspecified atom stereocenters. The SMILES string of the molecule is CCCCCCCCS(=O)(=O)NN=C(CCCC)c1cc(C)cc(C)c1O. The highest BCUT2D eigenvalue weighted by atomic mass is 32.2. The topological polar surface area (TPSA) is 78.8 Å². The van der Waals surface area contributed by atoms with E-state index in [9.17, 15) is 13.5 Å². The monoisotopic (exact) mass is 396 g/mol. The van der Waals surface area contributed by atoms with Gasteiger partial charge in [-0.15, -0.1) is 0 Å². The van der Waals surface area contributed by atoms with Gasteiger partial charge in [0.2, 0.25) is 10.0 Å². The average molecular weight is 397 g/mol. The summed E-state index contributed by atoms with van der Waals surface area (Å²) in [5.74, 6) is 0.258. The second-order valence-electron chi connectivity index (χ2n) is 7.32. The van der Waals surface area contributed by atoms with Crippen molar-refractivity contribution in [2.24, 2.45) is 5.10 Å². The van der Waals surface area contributed by atoms with E-state index in [1.807, 2.05) is 26.0 Å². The van der Waals surface area contributed by atoms with Crippen LogP contribution in [0.5, 0.6) is 5.75 Å². The molecule has 1 aromatic carbocycles. The number of nitrogens with one attached hydrogen (secondary N) is 1. The third-order valence-corrected chi connectivity index (χ3v) is 5.80. The Bertz CT molecular complexity index is 712. The largest absolute Gasteiger partial charge is 0.507 e. The van der Waals surface area contributed by atoms with E-state index < -0.39 is 10.0 Å². The van der Waals surface area contributed by atoms with Gasteiger partial charge < -0.3 is 5.11 Å². The van der Waals surface area contributed by atoms with Gasteiger partial charge in [0.05, 0.1) is 11.5 Å². The maximum absolute atomic E-state index is 12.3. The lowest BCUT2D eigenvalue weighted by molar-refractivity contribution is 0.469. The average Bonchev–Trinajstić information content (AvgIpc) is 2.61. The van der Waals surface area contributed by atoms with E-state index >= 15 is 0 Å². The molecule has 1 rings (SSSR count). The van der Waals surface area contributed by atoms with Crippen molar-refractivity contribution in [3.05, 3.63) is 28.8 Å². The number of hydrazone groups is 1. The van der Waals surface area contributed by atoms with Crippen molar-refractivity contribution >= 4 is 15.7 Å². The van der Waals surface area contributed by atoms with Crippen molar-refractivity contribution in [1.82, 2.24) is 4.83 Å². The molecular formula is C21H36N2O3S. The number of sulfonamides is 1. The fourth-order valence-corrected chi connectivity index (χ4v) is 3.94. The Hall–Kier alpha value is -1.56. The summed E-state index contributed by atoms with van der Waals surface area (Å²) >= 11 is 0. The van der Waals surface area contributed by atoms with Crippen molar-refractivity contribution in [2.45, 2.75) is 85.5 Å². The highest BCUT2D eigenvalue weighted by Gasteiger charge is 2.14. The molecule has 2 N–H and O–H groups in total. The molecule has 0 bridgehead atoms. The maximum Gasteiger partial charge on any atom is 0.247 e. The second-order valence-corrected chi connectivity index (χ2v) is 9.14. The first kappa shape index (κ1) is 23.5. The summed E-state index contributed by atoms with van der Waals surface area (Å²) in [5, 5.41) is 14.6. The molecule has 27 heavy (non-hydrogen) atoms. The van der Waals surface area contributed by atoms with Gasteiger partial charge in [0, 0.05) is 5.56 Å². The summed E-state index contributed by atoms with van der Waals surface area (Å²) in [6.07, 6.45) is 8.65. The molecule has 0 aliphatic rings. The predicted molar refractivity (Wildman–Crippen MR) is 114 cm³/mol. The molecule has 0 amide bonds. The van der Waals surface area contributed by atoms with Crippen LogP contribution in [0, 0.1) is 13.8 Å². The first-order chi connectivity index (χ1) is 12.8. The molecule has 0 saturated carbocycles. The Morgan fingerprint density at radius 2 is 1.63 bits per heavy atom. The van der Waals surface area contributed by atoms with E-state index in [1.165, 1.54) is 12.8 Å². The fraction of sp³-hybridized carbons (Fsp3) is 0.667. The molecule has 0 spiro atoms. The molecule has 0 aromatic heterocycles. The van der Waals surface area contributed by atoms with Crippen LogP contribution in [0.4, 0.5) is 0 Å². The third kappa shape index (κ3) is 8.78. The van der Waals surface area contributed by atoms with Crippen LogP contribution in [0.15, 0.2) is 17.2 Å². The molecule has 0 saturated heterocycles. The van der Waals surface area contributed by atoms with Crippen LogP contribution in [-0.4, -0.2) is 25.0 Å². The number of unbranched alkanes of at least 4 members (excludes halogenated alkanes) is 6. The van der Waals surface area contributed by atoms with E-state index in [2.05, 4.69) is 23.8 Å². The molecule has 154 valence electrons. The molecule has 1 aromatic rings. The van der Waals surface area contributed by atoms with Crippen molar-refractivity contribution < 1.29 is 13.5 Å². The van der Waals surface area contributed by atoms with E-state index in [0.717, 1.165) is 43.2 Å². The minimum absolute atomic E-state index is 0.0858. The van der Waals surface area contributed by atoms with Gasteiger partial charge in [-0.05, 0) is 50.3 Å². The molecule has 0 aliphatic carbocycles. The summed E-state index contributed by atoms with van der Waals surface area (Å²) in [6, 6.07) is 3.76. The number of benzene rings is 1. The Morgan fingerprint density at radius 3 is 2.30 bits per heavy atom. The first-order valence-corrected chi connectivity index (χ1v) is 11.8. The van der Waals surface area contributed by atoms with E-state index in [0.29, 0.717) is 24.1 Å². The second kappa shape index (κ2) is 12.0. The fourth-order valence-electron chi connectivity index (χ4n) is 3.02. The lowest BCUT2D eigenvalue weighted by Gasteiger charge is -2.12. The zero-order chi connectivity index (χ0) is 20.3. The number of aryl methyl sites for hydroxylation is 2. The minimum Gasteiger partial charge on any atom is -0.507 e. The number of hydrogen-bond donors (Lipinski definition) is 2. The zero-order valence-electron chi connectivity index (χ0n) is 17.3. The number of aromatic hydroxyl groups is 1. The minimum atomic E-state index is -3.45. The number of rotatable bonds is 13. The standard InChI is InChI=1S/C21H36N2O3S/c1-5-7-9-10-11-12-14-27(25,26)23-22-20(13-8-6-2)19-16-17(3)15-18(4)21(19)24/h15-16,23-24H,5-14H2,1-4H3. The van der Waals surface area contributed by atoms with Crippen molar-refractivity contribution in [1.29, 1.82) is 0 Å². The van der Waals surface area contributed by atoms with E-state index in [1.54, 1.807) is 0 Å². The number of phenolic OH excluding ortho intramolecular Hbond substituents is 1. The summed E-state index contributed by atoms with van der Waals surface area (Å²) in [4.78, 5) is 2.38. The van der Waals surface area contributed by atoms with Crippen LogP contribution < -0.4 is 4.83 Å². The maximum atomic E-state index is 12.3. The van der Waals surface area contributed by atoms with Gasteiger partial charge in [-0.1, -0.05) is 58.4 Å². The summed E-state index contributed by atoms with van der Waals surface area (Å²) in [6.45, 7) is 8.03. The normalized spacial score (nSPS) is 12.4. The van der Waals surface area contributed by atoms with E-state index in [4.69, 9.17) is 0 Å². The van der Waals surface area contributed by atoms with Gasteiger partial charge in [0.1, 0.15) is 5.75 Å². The molecule has 0 heterocycles. The van der Waals surface area contributed by atoms with Crippen LogP contribution in [0.3, 0.4) is 0 Å². The molecule has 0 fully saturated rings. The summed E-state index contributed by atoms with van der Waals surface area (Å²) < 4.78 is 24.5. The smallest absolute Gasteiger partial charge is 0.247 e. The van der Waals surface area contributed by atoms with Gasteiger partial charge in [-0.25, -0.2) is 13.2 Å². The van der Waals surface area contributed by atoms with Gasteiger partial charge in [-0.2, -0.15) is 5.10 Å². The highest BCUT2D eigenvalue weighted by Crippen LogP contribution is 2.26. The molecule has 0 atom stereocenters. The van der Waals surface area contributed by atoms with Crippen LogP contribution in [0.25, 0.3) is 0 Å². The Kier molecular flexibility index (Phi) is 10.4. The third-order valence-electron chi connectivity index (χ3n) is 4.61. The Labute approximate surface area is 165 Å². The highest BCUT2D eigenvalue weighted by molar-refractivity contribution is 7.89. The quantitative estimate of drug-likeness (QED) is 0.274. The predicted octanol–water partition coefficient (Wildman–Crippen LogP) is 5.18. The number of hydrogen-bond acceptors (Lipinski definition) is 4. The van der Waals surface area contributed by atoms with Gasteiger partial charge in [0.25, 0.3) is 0 Å². The summed E-state index contributed by atoms with van der Waals surface area (Å²) in [7, 11) is -3.45. The Morgan fingerprint density at radius 1 is 1.00 bits per heavy atom. The first-order valence-electron chi connectivity index (χ1n) is 10.2. The van der Waals surface area contributed by atoms with Gasteiger partial charge in [0.15, 0.2) is 0 Å². The van der Waals surface area contributed by atoms with Gasteiger partial charge in [-0.3, -0.25) is 0 Å². The van der Waals surface area contributed by atoms with Crippen LogP contribution in [0.2, 0.25) is 0 Å².